The summed E-state index contributed by atoms with van der Waals surface area (Å²) in [5, 5.41) is 5.46. The molecule has 0 atom stereocenters. The van der Waals surface area contributed by atoms with Crippen molar-refractivity contribution in [1.82, 2.24) is 14.8 Å². The molecule has 6 heteroatoms. The van der Waals surface area contributed by atoms with Crippen LogP contribution in [0.3, 0.4) is 0 Å². The summed E-state index contributed by atoms with van der Waals surface area (Å²) in [5.41, 5.74) is 1.24. The summed E-state index contributed by atoms with van der Waals surface area (Å²) in [6.07, 6.45) is 6.95. The van der Waals surface area contributed by atoms with E-state index in [2.05, 4.69) is 58.6 Å². The molecule has 0 unspecified atom stereocenters. The van der Waals surface area contributed by atoms with Crippen LogP contribution in [0.2, 0.25) is 0 Å². The lowest BCUT2D eigenvalue weighted by Crippen LogP contribution is -2.30. The molecule has 0 aliphatic rings. The molecule has 1 aromatic rings. The highest BCUT2D eigenvalue weighted by Gasteiger charge is 2.07. The maximum Gasteiger partial charge on any atom is 0.155 e. The highest BCUT2D eigenvalue weighted by molar-refractivity contribution is 5.77. The van der Waals surface area contributed by atoms with E-state index in [0.29, 0.717) is 0 Å². The molecular weight excluding hydrogens is 312 g/mol. The lowest BCUT2D eigenvalue weighted by Gasteiger charge is -2.23. The highest BCUT2D eigenvalue weighted by Crippen LogP contribution is 2.11. The quantitative estimate of drug-likeness (QED) is 0.313. The van der Waals surface area contributed by atoms with Crippen LogP contribution in [0.1, 0.15) is 32.3 Å². The van der Waals surface area contributed by atoms with Crippen LogP contribution in [0.25, 0.3) is 0 Å². The molecule has 140 valence electrons. The second-order valence-electron chi connectivity index (χ2n) is 6.23. The summed E-state index contributed by atoms with van der Waals surface area (Å²) in [7, 11) is 3.88. The number of anilines is 1. The number of pyridine rings is 1. The normalized spacial score (nSPS) is 11.6. The van der Waals surface area contributed by atoms with Crippen molar-refractivity contribution in [1.29, 1.82) is 0 Å². The van der Waals surface area contributed by atoms with E-state index in [9.17, 15) is 0 Å². The van der Waals surface area contributed by atoms with Gasteiger partial charge in [0.25, 0.3) is 0 Å². The third-order valence-electron chi connectivity index (χ3n) is 4.23. The smallest absolute Gasteiger partial charge is 0.155 e. The first-order chi connectivity index (χ1) is 12.1. The Morgan fingerprint density at radius 2 is 1.96 bits per heavy atom. The number of aromatic nitrogens is 1. The Balaban J connectivity index is 2.51. The average Bonchev–Trinajstić information content (AvgIpc) is 2.64. The Labute approximate surface area is 153 Å². The van der Waals surface area contributed by atoms with Crippen LogP contribution >= 0.6 is 0 Å². The van der Waals surface area contributed by atoms with Gasteiger partial charge < -0.3 is 9.80 Å². The molecule has 0 saturated heterocycles. The molecule has 0 N–H and O–H groups in total. The number of nitrogens with zero attached hydrogens (tertiary/aromatic N) is 6. The van der Waals surface area contributed by atoms with E-state index < -0.39 is 0 Å². The van der Waals surface area contributed by atoms with E-state index in [0.717, 1.165) is 45.0 Å². The number of aliphatic imine (C=N–C) groups is 1. The second kappa shape index (κ2) is 12.6. The van der Waals surface area contributed by atoms with E-state index in [4.69, 9.17) is 0 Å². The molecule has 0 aliphatic carbocycles. The highest BCUT2D eigenvalue weighted by atomic mass is 15.5. The molecule has 0 radical (unpaired) electrons. The SMILES string of the molecule is C=NN(/C=N\C)c1ccc(CCN(CCC)CCCN(C)CC)cn1. The molecule has 0 fully saturated rings. The van der Waals surface area contributed by atoms with Crippen molar-refractivity contribution in [3.8, 4) is 0 Å². The standard InChI is InChI=1S/C19H34N6/c1-6-12-24(14-8-13-23(5)7-2)15-11-18-9-10-19(22-16-18)25(21-4)17-20-3/h9-10,16-17H,4,6-8,11-15H2,1-3,5H3/b20-17-. The van der Waals surface area contributed by atoms with Crippen LogP contribution in [-0.2, 0) is 6.42 Å². The number of hydrogen-bond acceptors (Lipinski definition) is 5. The van der Waals surface area contributed by atoms with E-state index >= 15 is 0 Å². The molecule has 0 spiro atoms. The minimum absolute atomic E-state index is 0.734. The predicted molar refractivity (Wildman–Crippen MR) is 109 cm³/mol. The van der Waals surface area contributed by atoms with Crippen LogP contribution in [0, 0.1) is 0 Å². The summed E-state index contributed by atoms with van der Waals surface area (Å²) >= 11 is 0. The van der Waals surface area contributed by atoms with Crippen molar-refractivity contribution >= 4 is 18.9 Å². The molecule has 0 amide bonds. The van der Waals surface area contributed by atoms with E-state index in [-0.39, 0.29) is 0 Å². The molecule has 1 aromatic heterocycles. The van der Waals surface area contributed by atoms with Crippen molar-refractivity contribution < 1.29 is 0 Å². The van der Waals surface area contributed by atoms with Gasteiger partial charge in [0.2, 0.25) is 0 Å². The Hall–Kier alpha value is -1.79. The number of rotatable bonds is 13. The largest absolute Gasteiger partial charge is 0.307 e. The first-order valence-corrected chi connectivity index (χ1v) is 9.18. The van der Waals surface area contributed by atoms with Gasteiger partial charge in [-0.2, -0.15) is 5.10 Å². The van der Waals surface area contributed by atoms with Gasteiger partial charge in [-0.25, -0.2) is 9.99 Å². The second-order valence-corrected chi connectivity index (χ2v) is 6.23. The minimum atomic E-state index is 0.734. The van der Waals surface area contributed by atoms with Crippen LogP contribution in [0.15, 0.2) is 28.4 Å². The Morgan fingerprint density at radius 3 is 2.52 bits per heavy atom. The Morgan fingerprint density at radius 1 is 1.16 bits per heavy atom. The van der Waals surface area contributed by atoms with Crippen LogP contribution in [-0.4, -0.2) is 74.7 Å². The van der Waals surface area contributed by atoms with Crippen molar-refractivity contribution in [3.63, 3.8) is 0 Å². The maximum atomic E-state index is 4.46. The van der Waals surface area contributed by atoms with Gasteiger partial charge in [0.05, 0.1) is 0 Å². The molecular formula is C19H34N6. The molecule has 1 rings (SSSR count). The fraction of sp³-hybridized carbons (Fsp3) is 0.632. The van der Waals surface area contributed by atoms with Gasteiger partial charge in [-0.05, 0) is 64.1 Å². The fourth-order valence-electron chi connectivity index (χ4n) is 2.64. The topological polar surface area (TPSA) is 47.3 Å². The molecule has 6 nitrogen and oxygen atoms in total. The first kappa shape index (κ1) is 21.3. The third-order valence-corrected chi connectivity index (χ3v) is 4.23. The van der Waals surface area contributed by atoms with Gasteiger partial charge in [0, 0.05) is 26.5 Å². The van der Waals surface area contributed by atoms with E-state index in [1.54, 1.807) is 18.4 Å². The van der Waals surface area contributed by atoms with Gasteiger partial charge >= 0.3 is 0 Å². The molecule has 0 aromatic carbocycles. The van der Waals surface area contributed by atoms with Crippen molar-refractivity contribution in [2.45, 2.75) is 33.1 Å². The van der Waals surface area contributed by atoms with Gasteiger partial charge in [-0.1, -0.05) is 19.9 Å². The van der Waals surface area contributed by atoms with Crippen LogP contribution in [0.4, 0.5) is 5.82 Å². The fourth-order valence-corrected chi connectivity index (χ4v) is 2.64. The molecule has 25 heavy (non-hydrogen) atoms. The van der Waals surface area contributed by atoms with E-state index in [1.807, 2.05) is 12.3 Å². The number of hydrogen-bond donors (Lipinski definition) is 0. The van der Waals surface area contributed by atoms with E-state index in [1.165, 1.54) is 18.4 Å². The molecule has 0 aliphatic heterocycles. The van der Waals surface area contributed by atoms with Crippen LogP contribution in [0.5, 0.6) is 0 Å². The Bertz CT molecular complexity index is 499. The lowest BCUT2D eigenvalue weighted by molar-refractivity contribution is 0.250. The zero-order valence-corrected chi connectivity index (χ0v) is 16.4. The summed E-state index contributed by atoms with van der Waals surface area (Å²) in [5.74, 6) is 0.734. The summed E-state index contributed by atoms with van der Waals surface area (Å²) in [6.45, 7) is 13.7. The van der Waals surface area contributed by atoms with Gasteiger partial charge in [-0.3, -0.25) is 4.99 Å². The van der Waals surface area contributed by atoms with Crippen molar-refractivity contribution in [3.05, 3.63) is 23.9 Å². The zero-order chi connectivity index (χ0) is 18.5. The van der Waals surface area contributed by atoms with Gasteiger partial charge in [0.1, 0.15) is 6.34 Å². The first-order valence-electron chi connectivity index (χ1n) is 9.18. The average molecular weight is 347 g/mol. The van der Waals surface area contributed by atoms with Gasteiger partial charge in [-0.15, -0.1) is 0 Å². The van der Waals surface area contributed by atoms with Gasteiger partial charge in [0.15, 0.2) is 5.82 Å². The summed E-state index contributed by atoms with van der Waals surface area (Å²) in [6, 6.07) is 4.07. The molecule has 0 bridgehead atoms. The monoisotopic (exact) mass is 346 g/mol. The van der Waals surface area contributed by atoms with Crippen molar-refractivity contribution in [2.75, 3.05) is 51.8 Å². The lowest BCUT2D eigenvalue weighted by atomic mass is 10.2. The third kappa shape index (κ3) is 8.23. The predicted octanol–water partition coefficient (Wildman–Crippen LogP) is 2.76. The van der Waals surface area contributed by atoms with Crippen molar-refractivity contribution in [2.24, 2.45) is 10.1 Å². The summed E-state index contributed by atoms with van der Waals surface area (Å²) in [4.78, 5) is 13.3. The zero-order valence-electron chi connectivity index (χ0n) is 16.4. The molecule has 1 heterocycles. The summed E-state index contributed by atoms with van der Waals surface area (Å²) < 4.78 is 0. The Kier molecular flexibility index (Phi) is 10.7. The maximum absolute atomic E-state index is 4.46. The molecule has 0 saturated carbocycles. The number of hydrazone groups is 1. The van der Waals surface area contributed by atoms with Crippen LogP contribution < -0.4 is 5.01 Å². The minimum Gasteiger partial charge on any atom is -0.307 e.